The van der Waals surface area contributed by atoms with Crippen molar-refractivity contribution in [3.8, 4) is 10.6 Å². The van der Waals surface area contributed by atoms with Crippen LogP contribution in [-0.2, 0) is 0 Å². The highest BCUT2D eigenvalue weighted by atomic mass is 35.5. The van der Waals surface area contributed by atoms with Crippen molar-refractivity contribution in [1.82, 2.24) is 14.8 Å². The van der Waals surface area contributed by atoms with E-state index >= 15 is 0 Å². The monoisotopic (exact) mass is 439 g/mol. The maximum atomic E-state index is 12.8. The third kappa shape index (κ3) is 3.39. The molecule has 2 aromatic heterocycles. The number of thiazole rings is 1. The number of carbonyl (C=O) groups is 1. The Balaban J connectivity index is 1.51. The molecule has 0 atom stereocenters. The average Bonchev–Trinajstić information content (AvgIpc) is 3.18. The SMILES string of the molecule is CN1CCN(C(=O)c2ccc3cc(-c4nc5c(Cl)cccc5s4)c(=O)oc3c2)CC1. The Morgan fingerprint density at radius 2 is 1.93 bits per heavy atom. The van der Waals surface area contributed by atoms with Crippen molar-refractivity contribution in [3.05, 3.63) is 63.5 Å². The summed E-state index contributed by atoms with van der Waals surface area (Å²) >= 11 is 7.61. The van der Waals surface area contributed by atoms with Crippen LogP contribution >= 0.6 is 22.9 Å². The van der Waals surface area contributed by atoms with Crippen molar-refractivity contribution < 1.29 is 9.21 Å². The highest BCUT2D eigenvalue weighted by molar-refractivity contribution is 7.21. The molecule has 0 N–H and O–H groups in total. The number of amides is 1. The third-order valence-electron chi connectivity index (χ3n) is 5.37. The first kappa shape index (κ1) is 19.2. The van der Waals surface area contributed by atoms with Gasteiger partial charge in [-0.1, -0.05) is 23.7 Å². The van der Waals surface area contributed by atoms with Gasteiger partial charge in [-0.05, 0) is 37.4 Å². The number of carbonyl (C=O) groups excluding carboxylic acids is 1. The van der Waals surface area contributed by atoms with Crippen LogP contribution < -0.4 is 5.63 Å². The molecule has 0 radical (unpaired) electrons. The maximum Gasteiger partial charge on any atom is 0.346 e. The van der Waals surface area contributed by atoms with Gasteiger partial charge >= 0.3 is 5.63 Å². The molecule has 1 saturated heterocycles. The lowest BCUT2D eigenvalue weighted by molar-refractivity contribution is 0.0664. The molecule has 4 aromatic rings. The summed E-state index contributed by atoms with van der Waals surface area (Å²) in [7, 11) is 2.05. The number of rotatable bonds is 2. The fourth-order valence-corrected chi connectivity index (χ4v) is 4.88. The Kier molecular flexibility index (Phi) is 4.81. The van der Waals surface area contributed by atoms with Crippen molar-refractivity contribution in [2.24, 2.45) is 0 Å². The second kappa shape index (κ2) is 7.50. The molecule has 1 aliphatic heterocycles. The molecule has 1 fully saturated rings. The molecule has 0 bridgehead atoms. The highest BCUT2D eigenvalue weighted by Gasteiger charge is 2.21. The van der Waals surface area contributed by atoms with Gasteiger partial charge < -0.3 is 14.2 Å². The molecule has 30 heavy (non-hydrogen) atoms. The maximum absolute atomic E-state index is 12.8. The molecule has 1 aliphatic rings. The Labute approximate surface area is 181 Å². The fraction of sp³-hybridized carbons (Fsp3) is 0.227. The molecule has 152 valence electrons. The van der Waals surface area contributed by atoms with Gasteiger partial charge in [-0.3, -0.25) is 4.79 Å². The zero-order chi connectivity index (χ0) is 20.8. The summed E-state index contributed by atoms with van der Waals surface area (Å²) in [6.45, 7) is 3.08. The lowest BCUT2D eigenvalue weighted by atomic mass is 10.1. The minimum atomic E-state index is -0.484. The number of nitrogens with zero attached hydrogens (tertiary/aromatic N) is 3. The topological polar surface area (TPSA) is 66.7 Å². The van der Waals surface area contributed by atoms with E-state index < -0.39 is 5.63 Å². The van der Waals surface area contributed by atoms with E-state index in [0.717, 1.165) is 23.2 Å². The van der Waals surface area contributed by atoms with Crippen LogP contribution in [0.3, 0.4) is 0 Å². The Bertz CT molecular complexity index is 1340. The normalized spacial score (nSPS) is 15.2. The van der Waals surface area contributed by atoms with E-state index in [1.165, 1.54) is 11.3 Å². The zero-order valence-electron chi connectivity index (χ0n) is 16.2. The zero-order valence-corrected chi connectivity index (χ0v) is 17.8. The van der Waals surface area contributed by atoms with E-state index in [0.29, 0.717) is 45.3 Å². The Hall–Kier alpha value is -2.74. The van der Waals surface area contributed by atoms with Crippen LogP contribution in [0.2, 0.25) is 5.02 Å². The molecular weight excluding hydrogens is 422 g/mol. The third-order valence-corrected chi connectivity index (χ3v) is 6.73. The number of benzene rings is 2. The van der Waals surface area contributed by atoms with E-state index in [1.54, 1.807) is 24.3 Å². The molecule has 1 amide bonds. The minimum Gasteiger partial charge on any atom is -0.422 e. The lowest BCUT2D eigenvalue weighted by Crippen LogP contribution is -2.47. The fourth-order valence-electron chi connectivity index (χ4n) is 3.62. The van der Waals surface area contributed by atoms with Crippen molar-refractivity contribution >= 4 is 50.0 Å². The summed E-state index contributed by atoms with van der Waals surface area (Å²) in [5, 5.41) is 1.85. The van der Waals surface area contributed by atoms with E-state index in [1.807, 2.05) is 30.1 Å². The van der Waals surface area contributed by atoms with E-state index in [4.69, 9.17) is 16.0 Å². The second-order valence-electron chi connectivity index (χ2n) is 7.40. The summed E-state index contributed by atoms with van der Waals surface area (Å²) in [6, 6.07) is 12.5. The van der Waals surface area contributed by atoms with Crippen molar-refractivity contribution in [3.63, 3.8) is 0 Å². The number of likely N-dealkylation sites (N-methyl/N-ethyl adjacent to an activating group) is 1. The van der Waals surface area contributed by atoms with E-state index in [2.05, 4.69) is 9.88 Å². The number of aromatic nitrogens is 1. The second-order valence-corrected chi connectivity index (χ2v) is 8.84. The van der Waals surface area contributed by atoms with Gasteiger partial charge in [0.15, 0.2) is 0 Å². The first-order valence-corrected chi connectivity index (χ1v) is 10.8. The predicted molar refractivity (Wildman–Crippen MR) is 120 cm³/mol. The van der Waals surface area contributed by atoms with Crippen LogP contribution in [-0.4, -0.2) is 53.9 Å². The summed E-state index contributed by atoms with van der Waals surface area (Å²) in [4.78, 5) is 34.1. The number of halogens is 1. The van der Waals surface area contributed by atoms with Gasteiger partial charge in [-0.15, -0.1) is 11.3 Å². The van der Waals surface area contributed by atoms with Gasteiger partial charge in [0, 0.05) is 37.1 Å². The first-order valence-electron chi connectivity index (χ1n) is 9.61. The van der Waals surface area contributed by atoms with Gasteiger partial charge in [0.2, 0.25) is 0 Å². The Morgan fingerprint density at radius 3 is 2.70 bits per heavy atom. The molecule has 0 unspecified atom stereocenters. The molecule has 0 saturated carbocycles. The first-order chi connectivity index (χ1) is 14.5. The lowest BCUT2D eigenvalue weighted by Gasteiger charge is -2.32. The number of hydrogen-bond acceptors (Lipinski definition) is 6. The molecule has 0 aliphatic carbocycles. The van der Waals surface area contributed by atoms with E-state index in [-0.39, 0.29) is 5.91 Å². The van der Waals surface area contributed by atoms with Crippen LogP contribution in [0.15, 0.2) is 51.7 Å². The number of para-hydroxylation sites is 1. The molecule has 6 nitrogen and oxygen atoms in total. The van der Waals surface area contributed by atoms with Crippen LogP contribution in [0.4, 0.5) is 0 Å². The van der Waals surface area contributed by atoms with Gasteiger partial charge in [-0.25, -0.2) is 9.78 Å². The van der Waals surface area contributed by atoms with Crippen LogP contribution in [0.1, 0.15) is 10.4 Å². The quantitative estimate of drug-likeness (QED) is 0.440. The van der Waals surface area contributed by atoms with Gasteiger partial charge in [-0.2, -0.15) is 0 Å². The largest absolute Gasteiger partial charge is 0.422 e. The van der Waals surface area contributed by atoms with Crippen molar-refractivity contribution in [1.29, 1.82) is 0 Å². The summed E-state index contributed by atoms with van der Waals surface area (Å²) in [5.74, 6) is -0.0439. The van der Waals surface area contributed by atoms with Crippen LogP contribution in [0.25, 0.3) is 31.8 Å². The molecule has 0 spiro atoms. The van der Waals surface area contributed by atoms with Crippen molar-refractivity contribution in [2.45, 2.75) is 0 Å². The molecule has 5 rings (SSSR count). The summed E-state index contributed by atoms with van der Waals surface area (Å²) < 4.78 is 6.48. The van der Waals surface area contributed by atoms with Gasteiger partial charge in [0.05, 0.1) is 15.3 Å². The number of piperazine rings is 1. The van der Waals surface area contributed by atoms with Crippen LogP contribution in [0, 0.1) is 0 Å². The molecule has 8 heteroatoms. The van der Waals surface area contributed by atoms with Crippen molar-refractivity contribution in [2.75, 3.05) is 33.2 Å². The molecule has 2 aromatic carbocycles. The number of fused-ring (bicyclic) bond motifs is 2. The summed E-state index contributed by atoms with van der Waals surface area (Å²) in [5.41, 5.74) is 1.49. The molecular formula is C22H18ClN3O3S. The predicted octanol–water partition coefficient (Wildman–Crippen LogP) is 4.11. The molecule has 3 heterocycles. The van der Waals surface area contributed by atoms with E-state index in [9.17, 15) is 9.59 Å². The number of hydrogen-bond donors (Lipinski definition) is 0. The highest BCUT2D eigenvalue weighted by Crippen LogP contribution is 2.33. The minimum absolute atomic E-state index is 0.0439. The van der Waals surface area contributed by atoms with Gasteiger partial charge in [0.1, 0.15) is 16.1 Å². The standard InChI is InChI=1S/C22H18ClN3O3S/c1-25-7-9-26(10-8-25)21(27)14-6-5-13-11-15(22(28)29-17(13)12-14)20-24-19-16(23)3-2-4-18(19)30-20/h2-6,11-12H,7-10H2,1H3. The van der Waals surface area contributed by atoms with Gasteiger partial charge in [0.25, 0.3) is 5.91 Å². The Morgan fingerprint density at radius 1 is 1.13 bits per heavy atom. The van der Waals surface area contributed by atoms with Crippen LogP contribution in [0.5, 0.6) is 0 Å². The summed E-state index contributed by atoms with van der Waals surface area (Å²) in [6.07, 6.45) is 0. The average molecular weight is 440 g/mol. The smallest absolute Gasteiger partial charge is 0.346 e.